The molecule has 0 N–H and O–H groups in total. The van der Waals surface area contributed by atoms with Gasteiger partial charge in [0.1, 0.15) is 0 Å². The lowest BCUT2D eigenvalue weighted by Gasteiger charge is -2.05. The van der Waals surface area contributed by atoms with Crippen molar-refractivity contribution in [3.05, 3.63) is 58.7 Å². The molecule has 1 aliphatic carbocycles. The Kier molecular flexibility index (Phi) is 2.02. The summed E-state index contributed by atoms with van der Waals surface area (Å²) in [4.78, 5) is 0. The van der Waals surface area contributed by atoms with Crippen molar-refractivity contribution in [1.29, 1.82) is 0 Å². The van der Waals surface area contributed by atoms with E-state index in [9.17, 15) is 17.6 Å². The Morgan fingerprint density at radius 1 is 0.647 bits per heavy atom. The fourth-order valence-electron chi connectivity index (χ4n) is 2.22. The Hall–Kier alpha value is -1.84. The zero-order valence-electron chi connectivity index (χ0n) is 8.53. The lowest BCUT2D eigenvalue weighted by Crippen LogP contribution is -1.94. The summed E-state index contributed by atoms with van der Waals surface area (Å²) in [6, 6.07) is 4.78. The van der Waals surface area contributed by atoms with Crippen LogP contribution in [0.4, 0.5) is 17.6 Å². The van der Waals surface area contributed by atoms with Crippen molar-refractivity contribution in [2.24, 2.45) is 0 Å². The highest BCUT2D eigenvalue weighted by Crippen LogP contribution is 2.41. The predicted octanol–water partition coefficient (Wildman–Crippen LogP) is 3.81. The summed E-state index contributed by atoms with van der Waals surface area (Å²) in [5.74, 6) is -4.35. The van der Waals surface area contributed by atoms with Gasteiger partial charge < -0.3 is 0 Å². The highest BCUT2D eigenvalue weighted by Gasteiger charge is 2.28. The first-order valence-corrected chi connectivity index (χ1v) is 5.03. The van der Waals surface area contributed by atoms with Gasteiger partial charge in [-0.25, -0.2) is 17.6 Å². The number of rotatable bonds is 0. The maximum atomic E-state index is 13.6. The van der Waals surface area contributed by atoms with Gasteiger partial charge in [-0.05, 0) is 29.7 Å². The molecule has 17 heavy (non-hydrogen) atoms. The molecule has 0 fully saturated rings. The van der Waals surface area contributed by atoms with Crippen molar-refractivity contribution in [3.63, 3.8) is 0 Å². The molecule has 1 aliphatic rings. The number of hydrogen-bond donors (Lipinski definition) is 0. The molecule has 3 rings (SSSR count). The van der Waals surface area contributed by atoms with Crippen molar-refractivity contribution >= 4 is 0 Å². The summed E-state index contributed by atoms with van der Waals surface area (Å²) in [6.45, 7) is 0. The third-order valence-corrected chi connectivity index (χ3v) is 2.99. The SMILES string of the molecule is Fc1ccc2c(c1F)-c1c(ccc(F)c1F)C2. The van der Waals surface area contributed by atoms with E-state index in [2.05, 4.69) is 0 Å². The molecule has 0 amide bonds. The van der Waals surface area contributed by atoms with E-state index in [1.54, 1.807) is 0 Å². The minimum absolute atomic E-state index is 0.156. The highest BCUT2D eigenvalue weighted by molar-refractivity contribution is 5.77. The molecular formula is C13H6F4. The Morgan fingerprint density at radius 3 is 1.47 bits per heavy atom. The van der Waals surface area contributed by atoms with Gasteiger partial charge in [0, 0.05) is 11.1 Å². The van der Waals surface area contributed by atoms with Gasteiger partial charge >= 0.3 is 0 Å². The largest absolute Gasteiger partial charge is 0.204 e. The topological polar surface area (TPSA) is 0 Å². The van der Waals surface area contributed by atoms with Crippen LogP contribution in [0, 0.1) is 23.3 Å². The number of benzene rings is 2. The van der Waals surface area contributed by atoms with E-state index in [0.29, 0.717) is 17.5 Å². The van der Waals surface area contributed by atoms with Crippen LogP contribution in [-0.2, 0) is 6.42 Å². The number of fused-ring (bicyclic) bond motifs is 3. The van der Waals surface area contributed by atoms with Crippen molar-refractivity contribution in [1.82, 2.24) is 0 Å². The molecule has 0 atom stereocenters. The van der Waals surface area contributed by atoms with Crippen molar-refractivity contribution in [3.8, 4) is 11.1 Å². The van der Waals surface area contributed by atoms with Gasteiger partial charge in [0.05, 0.1) is 0 Å². The number of halogens is 4. The van der Waals surface area contributed by atoms with Crippen molar-refractivity contribution < 1.29 is 17.6 Å². The quantitative estimate of drug-likeness (QED) is 0.522. The first-order valence-electron chi connectivity index (χ1n) is 5.03. The Morgan fingerprint density at radius 2 is 1.06 bits per heavy atom. The van der Waals surface area contributed by atoms with Gasteiger partial charge in [0.25, 0.3) is 0 Å². The Labute approximate surface area is 94.5 Å². The summed E-state index contributed by atoms with van der Waals surface area (Å²) in [7, 11) is 0. The normalized spacial score (nSPS) is 12.5. The van der Waals surface area contributed by atoms with Gasteiger partial charge in [0.15, 0.2) is 23.3 Å². The summed E-state index contributed by atoms with van der Waals surface area (Å²) in [6.07, 6.45) is 0.291. The molecule has 0 saturated heterocycles. The third-order valence-electron chi connectivity index (χ3n) is 2.99. The first-order chi connectivity index (χ1) is 8.09. The van der Waals surface area contributed by atoms with Crippen LogP contribution in [0.1, 0.15) is 11.1 Å². The second kappa shape index (κ2) is 3.32. The fourth-order valence-corrected chi connectivity index (χ4v) is 2.22. The predicted molar refractivity (Wildman–Crippen MR) is 54.5 cm³/mol. The van der Waals surface area contributed by atoms with Gasteiger partial charge in [-0.1, -0.05) is 12.1 Å². The van der Waals surface area contributed by atoms with E-state index in [0.717, 1.165) is 12.1 Å². The van der Waals surface area contributed by atoms with Crippen LogP contribution >= 0.6 is 0 Å². The average Bonchev–Trinajstić information content (AvgIpc) is 2.69. The van der Waals surface area contributed by atoms with E-state index in [1.165, 1.54) is 12.1 Å². The minimum atomic E-state index is -1.12. The van der Waals surface area contributed by atoms with Crippen LogP contribution < -0.4 is 0 Å². The van der Waals surface area contributed by atoms with Gasteiger partial charge in [-0.2, -0.15) is 0 Å². The van der Waals surface area contributed by atoms with Gasteiger partial charge in [-0.15, -0.1) is 0 Å². The van der Waals surface area contributed by atoms with E-state index in [4.69, 9.17) is 0 Å². The van der Waals surface area contributed by atoms with E-state index in [-0.39, 0.29) is 11.1 Å². The van der Waals surface area contributed by atoms with Crippen molar-refractivity contribution in [2.75, 3.05) is 0 Å². The van der Waals surface area contributed by atoms with E-state index in [1.807, 2.05) is 0 Å². The van der Waals surface area contributed by atoms with Crippen LogP contribution in [-0.4, -0.2) is 0 Å². The van der Waals surface area contributed by atoms with Crippen LogP contribution in [0.5, 0.6) is 0 Å². The molecule has 0 saturated carbocycles. The summed E-state index contributed by atoms with van der Waals surface area (Å²) < 4.78 is 53.5. The average molecular weight is 238 g/mol. The maximum Gasteiger partial charge on any atom is 0.167 e. The first kappa shape index (κ1) is 10.3. The van der Waals surface area contributed by atoms with E-state index < -0.39 is 23.3 Å². The van der Waals surface area contributed by atoms with Crippen molar-refractivity contribution in [2.45, 2.75) is 6.42 Å². The molecule has 0 radical (unpaired) electrons. The Bertz CT molecular complexity index is 576. The van der Waals surface area contributed by atoms with Gasteiger partial charge in [-0.3, -0.25) is 0 Å². The zero-order chi connectivity index (χ0) is 12.2. The molecule has 0 aliphatic heterocycles. The summed E-state index contributed by atoms with van der Waals surface area (Å²) >= 11 is 0. The van der Waals surface area contributed by atoms with Crippen LogP contribution in [0.2, 0.25) is 0 Å². The summed E-state index contributed by atoms with van der Waals surface area (Å²) in [5.41, 5.74) is 0.640. The molecule has 0 heterocycles. The van der Waals surface area contributed by atoms with Gasteiger partial charge in [0.2, 0.25) is 0 Å². The molecule has 0 spiro atoms. The molecule has 86 valence electrons. The lowest BCUT2D eigenvalue weighted by atomic mass is 10.0. The fraction of sp³-hybridized carbons (Fsp3) is 0.0769. The zero-order valence-corrected chi connectivity index (χ0v) is 8.53. The molecule has 4 heteroatoms. The lowest BCUT2D eigenvalue weighted by molar-refractivity contribution is 0.502. The Balaban J connectivity index is 2.40. The third kappa shape index (κ3) is 1.30. The van der Waals surface area contributed by atoms with Crippen LogP contribution in [0.3, 0.4) is 0 Å². The summed E-state index contributed by atoms with van der Waals surface area (Å²) in [5, 5.41) is 0. The molecule has 2 aromatic carbocycles. The smallest absolute Gasteiger partial charge is 0.167 e. The number of hydrogen-bond acceptors (Lipinski definition) is 0. The minimum Gasteiger partial charge on any atom is -0.204 e. The molecule has 0 bridgehead atoms. The van der Waals surface area contributed by atoms with E-state index >= 15 is 0 Å². The van der Waals surface area contributed by atoms with Crippen LogP contribution in [0.25, 0.3) is 11.1 Å². The monoisotopic (exact) mass is 238 g/mol. The molecule has 2 aromatic rings. The standard InChI is InChI=1S/C13H6F4/c14-8-3-1-6-5-7-2-4-9(15)13(17)11(7)10(6)12(8)16/h1-4H,5H2. The maximum absolute atomic E-state index is 13.6. The van der Waals surface area contributed by atoms with Crippen LogP contribution in [0.15, 0.2) is 24.3 Å². The highest BCUT2D eigenvalue weighted by atomic mass is 19.2. The molecule has 0 unspecified atom stereocenters. The molecule has 0 nitrogen and oxygen atoms in total. The molecular weight excluding hydrogens is 232 g/mol. The second-order valence-corrected chi connectivity index (χ2v) is 3.97. The molecule has 0 aromatic heterocycles. The second-order valence-electron chi connectivity index (χ2n) is 3.97.